The molecule has 6 nitrogen and oxygen atoms in total. The van der Waals surface area contributed by atoms with E-state index in [0.717, 1.165) is 19.6 Å². The number of nitrogens with zero attached hydrogens (tertiary/aromatic N) is 1. The molecule has 96 valence electrons. The summed E-state index contributed by atoms with van der Waals surface area (Å²) in [6.45, 7) is 7.59. The van der Waals surface area contributed by atoms with Crippen molar-refractivity contribution in [1.29, 1.82) is 0 Å². The summed E-state index contributed by atoms with van der Waals surface area (Å²) in [5.74, 6) is 0.310. The Labute approximate surface area is 99.8 Å². The third-order valence-corrected chi connectivity index (χ3v) is 2.89. The van der Waals surface area contributed by atoms with E-state index < -0.39 is 11.2 Å². The quantitative estimate of drug-likeness (QED) is 0.636. The fourth-order valence-electron chi connectivity index (χ4n) is 1.75. The Hall–Kier alpha value is -1.56. The van der Waals surface area contributed by atoms with E-state index in [4.69, 9.17) is 4.74 Å². The van der Waals surface area contributed by atoms with Crippen LogP contribution in [0.2, 0.25) is 0 Å². The van der Waals surface area contributed by atoms with E-state index in [0.29, 0.717) is 12.4 Å². The number of quaternary nitrogens is 1. The highest BCUT2D eigenvalue weighted by atomic mass is 16.5. The minimum absolute atomic E-state index is 0.310. The first-order chi connectivity index (χ1) is 8.12. The number of rotatable bonds is 6. The van der Waals surface area contributed by atoms with Gasteiger partial charge in [0.1, 0.15) is 0 Å². The topological polar surface area (TPSA) is 68.5 Å². The maximum atomic E-state index is 11.6. The molecule has 0 unspecified atom stereocenters. The van der Waals surface area contributed by atoms with Gasteiger partial charge >= 0.3 is 5.69 Å². The van der Waals surface area contributed by atoms with Crippen molar-refractivity contribution in [2.45, 2.75) is 20.4 Å². The molecule has 0 saturated heterocycles. The summed E-state index contributed by atoms with van der Waals surface area (Å²) >= 11 is 0. The van der Waals surface area contributed by atoms with Crippen molar-refractivity contribution in [3.8, 4) is 5.88 Å². The Kier molecular flexibility index (Phi) is 4.96. The van der Waals surface area contributed by atoms with Crippen LogP contribution in [0.25, 0.3) is 0 Å². The Morgan fingerprint density at radius 3 is 2.53 bits per heavy atom. The van der Waals surface area contributed by atoms with Crippen LogP contribution in [-0.4, -0.2) is 36.3 Å². The van der Waals surface area contributed by atoms with E-state index >= 15 is 0 Å². The molecule has 1 heterocycles. The van der Waals surface area contributed by atoms with Gasteiger partial charge in [-0.15, -0.1) is 0 Å². The number of hydrogen-bond acceptors (Lipinski definition) is 3. The lowest BCUT2D eigenvalue weighted by atomic mass is 10.4. The summed E-state index contributed by atoms with van der Waals surface area (Å²) in [5.41, 5.74) is -0.848. The molecule has 1 aromatic rings. The number of hydrogen-bond donors (Lipinski definition) is 2. The second-order valence-corrected chi connectivity index (χ2v) is 3.84. The number of ether oxygens (including phenoxy) is 1. The molecule has 6 heteroatoms. The van der Waals surface area contributed by atoms with Crippen molar-refractivity contribution in [3.05, 3.63) is 26.9 Å². The van der Waals surface area contributed by atoms with Crippen LogP contribution in [0, 0.1) is 0 Å². The van der Waals surface area contributed by atoms with E-state index in [9.17, 15) is 9.59 Å². The van der Waals surface area contributed by atoms with E-state index in [1.54, 1.807) is 0 Å². The Morgan fingerprint density at radius 1 is 1.35 bits per heavy atom. The van der Waals surface area contributed by atoms with Gasteiger partial charge in [-0.1, -0.05) is 0 Å². The van der Waals surface area contributed by atoms with Crippen molar-refractivity contribution in [2.75, 3.05) is 26.7 Å². The molecular formula is C11H20N3O3+. The number of aromatic amines is 1. The van der Waals surface area contributed by atoms with Crippen molar-refractivity contribution >= 4 is 0 Å². The summed E-state index contributed by atoms with van der Waals surface area (Å²) in [6.07, 6.45) is 0. The number of H-pyrrole nitrogens is 1. The first-order valence-corrected chi connectivity index (χ1v) is 5.84. The van der Waals surface area contributed by atoms with Gasteiger partial charge in [-0.25, -0.2) is 4.79 Å². The van der Waals surface area contributed by atoms with Crippen molar-refractivity contribution in [1.82, 2.24) is 9.55 Å². The highest BCUT2D eigenvalue weighted by Gasteiger charge is 2.09. The summed E-state index contributed by atoms with van der Waals surface area (Å²) in [4.78, 5) is 26.4. The highest BCUT2D eigenvalue weighted by molar-refractivity contribution is 5.07. The molecule has 0 fully saturated rings. The van der Waals surface area contributed by atoms with E-state index in [1.807, 2.05) is 0 Å². The predicted octanol–water partition coefficient (Wildman–Crippen LogP) is -1.53. The van der Waals surface area contributed by atoms with E-state index in [-0.39, 0.29) is 0 Å². The SMILES string of the molecule is CC[NH+](CC)CCn1c(OC)cc(=O)[nH]c1=O. The molecule has 1 aromatic heterocycles. The molecule has 0 saturated carbocycles. The first kappa shape index (κ1) is 13.5. The fourth-order valence-corrected chi connectivity index (χ4v) is 1.75. The van der Waals surface area contributed by atoms with Gasteiger partial charge in [0.15, 0.2) is 0 Å². The van der Waals surface area contributed by atoms with Crippen LogP contribution in [0.5, 0.6) is 5.88 Å². The standard InChI is InChI=1S/C11H19N3O3/c1-4-13(5-2)6-7-14-10(17-3)8-9(15)12-11(14)16/h8H,4-7H2,1-3H3,(H,12,15,16)/p+1. The van der Waals surface area contributed by atoms with Gasteiger partial charge in [-0.05, 0) is 13.8 Å². The zero-order valence-electron chi connectivity index (χ0n) is 10.6. The maximum Gasteiger partial charge on any atom is 0.331 e. The summed E-state index contributed by atoms with van der Waals surface area (Å²) in [5, 5.41) is 0. The molecule has 17 heavy (non-hydrogen) atoms. The number of methoxy groups -OCH3 is 1. The number of nitrogens with one attached hydrogen (secondary N) is 2. The van der Waals surface area contributed by atoms with Crippen LogP contribution in [0.3, 0.4) is 0 Å². The molecule has 0 aromatic carbocycles. The van der Waals surface area contributed by atoms with Crippen LogP contribution in [0.1, 0.15) is 13.8 Å². The molecule has 0 radical (unpaired) electrons. The van der Waals surface area contributed by atoms with Gasteiger partial charge in [-0.2, -0.15) is 0 Å². The van der Waals surface area contributed by atoms with Crippen LogP contribution >= 0.6 is 0 Å². The molecule has 0 atom stereocenters. The summed E-state index contributed by atoms with van der Waals surface area (Å²) in [6, 6.07) is 1.29. The van der Waals surface area contributed by atoms with Crippen LogP contribution in [0.15, 0.2) is 15.7 Å². The number of likely N-dealkylation sites (N-methyl/N-ethyl adjacent to an activating group) is 1. The van der Waals surface area contributed by atoms with Gasteiger partial charge in [0, 0.05) is 0 Å². The van der Waals surface area contributed by atoms with Crippen molar-refractivity contribution in [2.24, 2.45) is 0 Å². The molecule has 0 aliphatic heterocycles. The molecule has 0 bridgehead atoms. The van der Waals surface area contributed by atoms with Gasteiger partial charge in [-0.3, -0.25) is 14.3 Å². The average Bonchev–Trinajstić information content (AvgIpc) is 2.31. The second kappa shape index (κ2) is 6.24. The van der Waals surface area contributed by atoms with Gasteiger partial charge < -0.3 is 9.64 Å². The molecule has 2 N–H and O–H groups in total. The minimum Gasteiger partial charge on any atom is -0.482 e. The Morgan fingerprint density at radius 2 is 2.00 bits per heavy atom. The second-order valence-electron chi connectivity index (χ2n) is 3.84. The van der Waals surface area contributed by atoms with Crippen molar-refractivity contribution < 1.29 is 9.64 Å². The van der Waals surface area contributed by atoms with Gasteiger partial charge in [0.2, 0.25) is 5.88 Å². The Balaban J connectivity index is 2.90. The van der Waals surface area contributed by atoms with Crippen LogP contribution < -0.4 is 20.9 Å². The highest BCUT2D eigenvalue weighted by Crippen LogP contribution is 2.01. The predicted molar refractivity (Wildman–Crippen MR) is 64.8 cm³/mol. The smallest absolute Gasteiger partial charge is 0.331 e. The minimum atomic E-state index is -0.432. The lowest BCUT2D eigenvalue weighted by Crippen LogP contribution is -3.11. The van der Waals surface area contributed by atoms with Crippen molar-refractivity contribution in [3.63, 3.8) is 0 Å². The molecule has 0 aliphatic rings. The maximum absolute atomic E-state index is 11.6. The van der Waals surface area contributed by atoms with Crippen LogP contribution in [0.4, 0.5) is 0 Å². The molecule has 0 aliphatic carbocycles. The zero-order valence-corrected chi connectivity index (χ0v) is 10.6. The monoisotopic (exact) mass is 242 g/mol. The summed E-state index contributed by atoms with van der Waals surface area (Å²) < 4.78 is 6.49. The Bertz CT molecular complexity index is 460. The first-order valence-electron chi connectivity index (χ1n) is 5.84. The third-order valence-electron chi connectivity index (χ3n) is 2.89. The zero-order chi connectivity index (χ0) is 12.8. The van der Waals surface area contributed by atoms with E-state index in [1.165, 1.54) is 22.6 Å². The summed E-state index contributed by atoms with van der Waals surface area (Å²) in [7, 11) is 1.45. The largest absolute Gasteiger partial charge is 0.482 e. The normalized spacial score (nSPS) is 10.8. The molecule has 0 amide bonds. The molecular weight excluding hydrogens is 222 g/mol. The fraction of sp³-hybridized carbons (Fsp3) is 0.636. The lowest BCUT2D eigenvalue weighted by Gasteiger charge is -2.17. The molecule has 1 rings (SSSR count). The van der Waals surface area contributed by atoms with E-state index in [2.05, 4.69) is 18.8 Å². The van der Waals surface area contributed by atoms with Gasteiger partial charge in [0.05, 0.1) is 39.4 Å². The molecule has 0 spiro atoms. The number of aromatic nitrogens is 2. The third kappa shape index (κ3) is 3.45. The van der Waals surface area contributed by atoms with Crippen LogP contribution in [-0.2, 0) is 6.54 Å². The van der Waals surface area contributed by atoms with Gasteiger partial charge in [0.25, 0.3) is 5.56 Å². The lowest BCUT2D eigenvalue weighted by molar-refractivity contribution is -0.897. The average molecular weight is 242 g/mol.